The van der Waals surface area contributed by atoms with E-state index in [1.54, 1.807) is 0 Å². The fourth-order valence-electron chi connectivity index (χ4n) is 1.51. The molecule has 2 N–H and O–H groups in total. The van der Waals surface area contributed by atoms with Crippen molar-refractivity contribution in [3.63, 3.8) is 0 Å². The van der Waals surface area contributed by atoms with Crippen molar-refractivity contribution in [1.29, 1.82) is 0 Å². The van der Waals surface area contributed by atoms with Crippen molar-refractivity contribution in [2.24, 2.45) is 0 Å². The van der Waals surface area contributed by atoms with Gasteiger partial charge < -0.3 is 20.1 Å². The summed E-state index contributed by atoms with van der Waals surface area (Å²) in [6.45, 7) is 13.0. The molecule has 0 rings (SSSR count). The van der Waals surface area contributed by atoms with Crippen molar-refractivity contribution in [2.45, 2.75) is 65.6 Å². The summed E-state index contributed by atoms with van der Waals surface area (Å²) in [7, 11) is 0. The number of hydrogen-bond donors (Lipinski definition) is 2. The highest BCUT2D eigenvalue weighted by Crippen LogP contribution is 2.06. The zero-order valence-electron chi connectivity index (χ0n) is 13.8. The second-order valence-corrected chi connectivity index (χ2v) is 6.16. The first-order valence-electron chi connectivity index (χ1n) is 7.60. The Morgan fingerprint density at radius 1 is 1.05 bits per heavy atom. The number of amides is 1. The van der Waals surface area contributed by atoms with Gasteiger partial charge in [-0.2, -0.15) is 0 Å². The molecule has 0 aliphatic carbocycles. The van der Waals surface area contributed by atoms with Crippen LogP contribution in [-0.4, -0.2) is 44.0 Å². The molecule has 0 fully saturated rings. The Hall–Kier alpha value is -0.810. The molecule has 120 valence electrons. The van der Waals surface area contributed by atoms with E-state index in [9.17, 15) is 4.79 Å². The van der Waals surface area contributed by atoms with Gasteiger partial charge in [0.1, 0.15) is 5.60 Å². The van der Waals surface area contributed by atoms with Gasteiger partial charge in [-0.15, -0.1) is 0 Å². The Morgan fingerprint density at radius 2 is 1.70 bits per heavy atom. The van der Waals surface area contributed by atoms with Gasteiger partial charge >= 0.3 is 6.09 Å². The number of nitrogens with one attached hydrogen (secondary N) is 2. The molecule has 0 aromatic rings. The first-order valence-corrected chi connectivity index (χ1v) is 7.60. The molecule has 0 saturated carbocycles. The Labute approximate surface area is 123 Å². The number of carbonyl (C=O) groups is 1. The van der Waals surface area contributed by atoms with Gasteiger partial charge in [-0.3, -0.25) is 0 Å². The summed E-state index contributed by atoms with van der Waals surface area (Å²) < 4.78 is 10.6. The summed E-state index contributed by atoms with van der Waals surface area (Å²) >= 11 is 0. The van der Waals surface area contributed by atoms with Crippen LogP contribution in [0.3, 0.4) is 0 Å². The second-order valence-electron chi connectivity index (χ2n) is 6.16. The highest BCUT2D eigenvalue weighted by atomic mass is 16.6. The Bertz CT molecular complexity index is 250. The lowest BCUT2D eigenvalue weighted by Crippen LogP contribution is -2.34. The van der Waals surface area contributed by atoms with Gasteiger partial charge in [-0.25, -0.2) is 4.79 Å². The second kappa shape index (κ2) is 10.9. The predicted octanol–water partition coefficient (Wildman–Crippen LogP) is 2.70. The van der Waals surface area contributed by atoms with E-state index in [4.69, 9.17) is 9.47 Å². The van der Waals surface area contributed by atoms with E-state index in [1.807, 2.05) is 20.8 Å². The fraction of sp³-hybridized carbons (Fsp3) is 0.933. The molecule has 0 spiro atoms. The number of rotatable bonds is 10. The van der Waals surface area contributed by atoms with Gasteiger partial charge in [0.2, 0.25) is 0 Å². The predicted molar refractivity (Wildman–Crippen MR) is 82.0 cm³/mol. The van der Waals surface area contributed by atoms with Crippen LogP contribution in [0.25, 0.3) is 0 Å². The molecule has 0 radical (unpaired) electrons. The Morgan fingerprint density at radius 3 is 2.30 bits per heavy atom. The van der Waals surface area contributed by atoms with Crippen LogP contribution in [0.5, 0.6) is 0 Å². The molecule has 0 aromatic heterocycles. The topological polar surface area (TPSA) is 59.6 Å². The maximum absolute atomic E-state index is 11.4. The van der Waals surface area contributed by atoms with E-state index < -0.39 is 5.60 Å². The van der Waals surface area contributed by atoms with Crippen LogP contribution >= 0.6 is 0 Å². The molecular formula is C15H32N2O3. The molecular weight excluding hydrogens is 256 g/mol. The lowest BCUT2D eigenvalue weighted by molar-refractivity contribution is 0.0527. The average Bonchev–Trinajstić information content (AvgIpc) is 2.28. The van der Waals surface area contributed by atoms with Crippen molar-refractivity contribution in [1.82, 2.24) is 10.6 Å². The molecule has 5 heteroatoms. The third kappa shape index (κ3) is 15.2. The van der Waals surface area contributed by atoms with Gasteiger partial charge in [0.15, 0.2) is 0 Å². The normalized spacial score (nSPS) is 11.7. The van der Waals surface area contributed by atoms with Crippen LogP contribution in [-0.2, 0) is 9.47 Å². The third-order valence-corrected chi connectivity index (χ3v) is 2.40. The highest BCUT2D eigenvalue weighted by Gasteiger charge is 2.15. The summed E-state index contributed by atoms with van der Waals surface area (Å²) in [6, 6.07) is 0. The van der Waals surface area contributed by atoms with E-state index in [1.165, 1.54) is 0 Å². The zero-order valence-corrected chi connectivity index (χ0v) is 13.8. The lowest BCUT2D eigenvalue weighted by Gasteiger charge is -2.19. The Balaban J connectivity index is 3.23. The van der Waals surface area contributed by atoms with Crippen LogP contribution < -0.4 is 10.6 Å². The quantitative estimate of drug-likeness (QED) is 0.607. The third-order valence-electron chi connectivity index (χ3n) is 2.40. The molecule has 0 atom stereocenters. The van der Waals surface area contributed by atoms with Crippen LogP contribution in [0.1, 0.15) is 53.9 Å². The van der Waals surface area contributed by atoms with Crippen molar-refractivity contribution in [3.8, 4) is 0 Å². The van der Waals surface area contributed by atoms with Crippen LogP contribution in [0.4, 0.5) is 4.79 Å². The van der Waals surface area contributed by atoms with E-state index in [-0.39, 0.29) is 6.09 Å². The van der Waals surface area contributed by atoms with Crippen LogP contribution in [0.15, 0.2) is 0 Å². The summed E-state index contributed by atoms with van der Waals surface area (Å²) in [5.74, 6) is 0. The van der Waals surface area contributed by atoms with E-state index in [0.717, 1.165) is 39.0 Å². The molecule has 5 nitrogen and oxygen atoms in total. The van der Waals surface area contributed by atoms with Crippen molar-refractivity contribution in [3.05, 3.63) is 0 Å². The molecule has 1 amide bonds. The number of ether oxygens (including phenoxy) is 2. The molecule has 0 unspecified atom stereocenters. The van der Waals surface area contributed by atoms with Gasteiger partial charge in [-0.1, -0.05) is 0 Å². The molecule has 20 heavy (non-hydrogen) atoms. The monoisotopic (exact) mass is 288 g/mol. The maximum atomic E-state index is 11.4. The van der Waals surface area contributed by atoms with Crippen molar-refractivity contribution >= 4 is 6.09 Å². The van der Waals surface area contributed by atoms with Gasteiger partial charge in [0, 0.05) is 13.2 Å². The number of hydrogen-bond acceptors (Lipinski definition) is 4. The van der Waals surface area contributed by atoms with E-state index in [2.05, 4.69) is 24.5 Å². The molecule has 0 aromatic carbocycles. The summed E-state index contributed by atoms with van der Waals surface area (Å²) in [6.07, 6.45) is 3.08. The largest absolute Gasteiger partial charge is 0.444 e. The van der Waals surface area contributed by atoms with E-state index in [0.29, 0.717) is 12.6 Å². The molecule has 0 saturated heterocycles. The van der Waals surface area contributed by atoms with Gasteiger partial charge in [0.25, 0.3) is 0 Å². The van der Waals surface area contributed by atoms with Crippen molar-refractivity contribution < 1.29 is 14.3 Å². The van der Waals surface area contributed by atoms with E-state index >= 15 is 0 Å². The van der Waals surface area contributed by atoms with Crippen LogP contribution in [0, 0.1) is 0 Å². The standard InChI is InChI=1S/C15H32N2O3/c1-13(2)19-12-7-6-9-16-10-8-11-17-14(18)20-15(3,4)5/h13,16H,6-12H2,1-5H3,(H,17,18). The smallest absolute Gasteiger partial charge is 0.407 e. The number of unbranched alkanes of at least 4 members (excludes halogenated alkanes) is 1. The molecule has 0 aliphatic rings. The average molecular weight is 288 g/mol. The van der Waals surface area contributed by atoms with Crippen molar-refractivity contribution in [2.75, 3.05) is 26.2 Å². The van der Waals surface area contributed by atoms with Gasteiger partial charge in [-0.05, 0) is 67.0 Å². The minimum atomic E-state index is -0.430. The first-order chi connectivity index (χ1) is 9.31. The Kier molecular flexibility index (Phi) is 10.5. The molecule has 0 aliphatic heterocycles. The summed E-state index contributed by atoms with van der Waals surface area (Å²) in [5.41, 5.74) is -0.430. The minimum absolute atomic E-state index is 0.321. The fourth-order valence-corrected chi connectivity index (χ4v) is 1.51. The highest BCUT2D eigenvalue weighted by molar-refractivity contribution is 5.67. The molecule has 0 heterocycles. The lowest BCUT2D eigenvalue weighted by atomic mass is 10.2. The number of carbonyl (C=O) groups excluding carboxylic acids is 1. The minimum Gasteiger partial charge on any atom is -0.444 e. The summed E-state index contributed by atoms with van der Waals surface area (Å²) in [4.78, 5) is 11.4. The maximum Gasteiger partial charge on any atom is 0.407 e. The first kappa shape index (κ1) is 19.2. The molecule has 0 bridgehead atoms. The van der Waals surface area contributed by atoms with Gasteiger partial charge in [0.05, 0.1) is 6.10 Å². The number of alkyl carbamates (subject to hydrolysis) is 1. The summed E-state index contributed by atoms with van der Waals surface area (Å²) in [5, 5.41) is 6.09. The zero-order chi connectivity index (χ0) is 15.4. The SMILES string of the molecule is CC(C)OCCCCNCCCNC(=O)OC(C)(C)C. The van der Waals surface area contributed by atoms with Crippen LogP contribution in [0.2, 0.25) is 0 Å².